The van der Waals surface area contributed by atoms with Crippen molar-refractivity contribution in [3.05, 3.63) is 90.0 Å². The van der Waals surface area contributed by atoms with E-state index in [0.717, 1.165) is 22.6 Å². The number of nitrogens with one attached hydrogen (secondary N) is 1. The third-order valence-electron chi connectivity index (χ3n) is 5.14. The molecule has 0 spiro atoms. The first-order chi connectivity index (χ1) is 15.5. The van der Waals surface area contributed by atoms with Crippen LogP contribution in [0.15, 0.2) is 78.9 Å². The quantitative estimate of drug-likeness (QED) is 0.540. The highest BCUT2D eigenvalue weighted by Crippen LogP contribution is 2.26. The van der Waals surface area contributed by atoms with Gasteiger partial charge >= 0.3 is 0 Å². The topological polar surface area (TPSA) is 67.9 Å². The number of amides is 2. The normalized spacial score (nSPS) is 11.3. The lowest BCUT2D eigenvalue weighted by Gasteiger charge is -2.26. The van der Waals surface area contributed by atoms with Crippen LogP contribution in [0.3, 0.4) is 0 Å². The van der Waals surface area contributed by atoms with E-state index in [-0.39, 0.29) is 18.2 Å². The van der Waals surface area contributed by atoms with Gasteiger partial charge in [0.15, 0.2) is 0 Å². The molecule has 0 saturated heterocycles. The van der Waals surface area contributed by atoms with Crippen molar-refractivity contribution in [3.8, 4) is 11.5 Å². The maximum atomic E-state index is 13.5. The summed E-state index contributed by atoms with van der Waals surface area (Å²) in [6, 6.07) is 24.1. The van der Waals surface area contributed by atoms with Crippen molar-refractivity contribution in [1.82, 2.24) is 5.32 Å². The summed E-state index contributed by atoms with van der Waals surface area (Å²) in [6.45, 7) is 1.87. The van der Waals surface area contributed by atoms with Crippen LogP contribution in [0, 0.1) is 0 Å². The van der Waals surface area contributed by atoms with E-state index in [1.54, 1.807) is 19.1 Å². The molecule has 6 nitrogen and oxygen atoms in total. The van der Waals surface area contributed by atoms with E-state index in [0.29, 0.717) is 12.3 Å². The molecule has 32 heavy (non-hydrogen) atoms. The Morgan fingerprint density at radius 2 is 1.41 bits per heavy atom. The van der Waals surface area contributed by atoms with Crippen molar-refractivity contribution in [2.45, 2.75) is 25.9 Å². The van der Waals surface area contributed by atoms with Crippen LogP contribution in [0.2, 0.25) is 0 Å². The second kappa shape index (κ2) is 11.0. The highest BCUT2D eigenvalue weighted by atomic mass is 16.5. The van der Waals surface area contributed by atoms with E-state index >= 15 is 0 Å². The number of methoxy groups -OCH3 is 2. The maximum absolute atomic E-state index is 13.5. The molecule has 0 saturated carbocycles. The first-order valence-electron chi connectivity index (χ1n) is 10.4. The number of carbonyl (C=O) groups is 2. The molecule has 0 aliphatic carbocycles. The summed E-state index contributed by atoms with van der Waals surface area (Å²) in [7, 11) is 3.20. The molecule has 0 aliphatic rings. The minimum Gasteiger partial charge on any atom is -0.497 e. The monoisotopic (exact) mass is 432 g/mol. The Hall–Kier alpha value is -3.80. The summed E-state index contributed by atoms with van der Waals surface area (Å²) in [6.07, 6.45) is 0.116. The summed E-state index contributed by atoms with van der Waals surface area (Å²) < 4.78 is 10.5. The lowest BCUT2D eigenvalue weighted by molar-refractivity contribution is -0.121. The number of benzene rings is 3. The number of carbonyl (C=O) groups excluding carboxylic acids is 2. The van der Waals surface area contributed by atoms with Crippen molar-refractivity contribution < 1.29 is 19.1 Å². The van der Waals surface area contributed by atoms with Gasteiger partial charge in [-0.25, -0.2) is 0 Å². The molecule has 3 rings (SSSR count). The fourth-order valence-electron chi connectivity index (χ4n) is 3.47. The predicted octanol–water partition coefficient (Wildman–Crippen LogP) is 4.50. The van der Waals surface area contributed by atoms with Gasteiger partial charge in [0.1, 0.15) is 11.5 Å². The van der Waals surface area contributed by atoms with Crippen LogP contribution in [-0.2, 0) is 16.1 Å². The van der Waals surface area contributed by atoms with Crippen LogP contribution in [0.1, 0.15) is 30.5 Å². The molecule has 1 atom stereocenters. The van der Waals surface area contributed by atoms with Gasteiger partial charge in [0.2, 0.25) is 11.8 Å². The number of anilines is 1. The smallest absolute Gasteiger partial charge is 0.229 e. The van der Waals surface area contributed by atoms with Crippen LogP contribution in [0.4, 0.5) is 5.69 Å². The first kappa shape index (κ1) is 22.9. The third-order valence-corrected chi connectivity index (χ3v) is 5.14. The molecule has 0 aromatic heterocycles. The van der Waals surface area contributed by atoms with Crippen molar-refractivity contribution in [2.75, 3.05) is 19.1 Å². The van der Waals surface area contributed by atoms with E-state index in [9.17, 15) is 9.59 Å². The number of ether oxygens (including phenoxy) is 2. The van der Waals surface area contributed by atoms with Crippen LogP contribution >= 0.6 is 0 Å². The number of hydrogen-bond acceptors (Lipinski definition) is 4. The number of nitrogens with zero attached hydrogens (tertiary/aromatic N) is 1. The van der Waals surface area contributed by atoms with Crippen molar-refractivity contribution >= 4 is 17.5 Å². The second-order valence-electron chi connectivity index (χ2n) is 7.39. The first-order valence-corrected chi connectivity index (χ1v) is 10.4. The Labute approximate surface area is 188 Å². The molecule has 1 unspecified atom stereocenters. The van der Waals surface area contributed by atoms with Crippen molar-refractivity contribution in [3.63, 3.8) is 0 Å². The molecule has 0 radical (unpaired) electrons. The number of hydrogen-bond donors (Lipinski definition) is 1. The Balaban J connectivity index is 1.88. The summed E-state index contributed by atoms with van der Waals surface area (Å²) in [5, 5.41) is 2.91. The predicted molar refractivity (Wildman–Crippen MR) is 125 cm³/mol. The van der Waals surface area contributed by atoms with Crippen LogP contribution < -0.4 is 19.7 Å². The van der Waals surface area contributed by atoms with Gasteiger partial charge in [0.25, 0.3) is 0 Å². The van der Waals surface area contributed by atoms with Gasteiger partial charge in [0, 0.05) is 12.6 Å². The van der Waals surface area contributed by atoms with Crippen molar-refractivity contribution in [2.24, 2.45) is 0 Å². The largest absolute Gasteiger partial charge is 0.497 e. The van der Waals surface area contributed by atoms with E-state index in [2.05, 4.69) is 5.32 Å². The highest BCUT2D eigenvalue weighted by molar-refractivity contribution is 5.94. The van der Waals surface area contributed by atoms with Gasteiger partial charge in [-0.15, -0.1) is 0 Å². The Kier molecular flexibility index (Phi) is 7.86. The number of rotatable bonds is 9. The molecule has 0 fully saturated rings. The standard InChI is InChI=1S/C26H28N2O4/c1-19(29)27-25(21-9-13-23(31-2)14-10-21)17-26(30)28(18-20-7-5-4-6-8-20)22-11-15-24(32-3)16-12-22/h4-16,25H,17-18H2,1-3H3,(H,27,29). The van der Waals surface area contributed by atoms with E-state index in [1.807, 2.05) is 78.9 Å². The molecule has 0 bridgehead atoms. The van der Waals surface area contributed by atoms with Crippen molar-refractivity contribution in [1.29, 1.82) is 0 Å². The van der Waals surface area contributed by atoms with Gasteiger partial charge in [0.05, 0.1) is 33.2 Å². The van der Waals surface area contributed by atoms with Gasteiger partial charge in [-0.2, -0.15) is 0 Å². The second-order valence-corrected chi connectivity index (χ2v) is 7.39. The molecular weight excluding hydrogens is 404 g/mol. The Morgan fingerprint density at radius 1 is 0.844 bits per heavy atom. The Bertz CT molecular complexity index is 1020. The van der Waals surface area contributed by atoms with E-state index in [4.69, 9.17) is 9.47 Å². The van der Waals surface area contributed by atoms with Gasteiger partial charge in [-0.1, -0.05) is 42.5 Å². The molecule has 166 valence electrons. The summed E-state index contributed by atoms with van der Waals surface area (Å²) >= 11 is 0. The molecule has 3 aromatic carbocycles. The summed E-state index contributed by atoms with van der Waals surface area (Å²) in [4.78, 5) is 27.1. The minimum absolute atomic E-state index is 0.103. The highest BCUT2D eigenvalue weighted by Gasteiger charge is 2.23. The molecule has 6 heteroatoms. The van der Waals surface area contributed by atoms with Gasteiger partial charge in [-0.05, 0) is 47.5 Å². The van der Waals surface area contributed by atoms with Crippen LogP contribution in [-0.4, -0.2) is 26.0 Å². The molecule has 0 heterocycles. The zero-order valence-corrected chi connectivity index (χ0v) is 18.6. The van der Waals surface area contributed by atoms with Crippen LogP contribution in [0.25, 0.3) is 0 Å². The lowest BCUT2D eigenvalue weighted by atomic mass is 10.0. The van der Waals surface area contributed by atoms with Gasteiger partial charge < -0.3 is 19.7 Å². The third kappa shape index (κ3) is 6.11. The van der Waals surface area contributed by atoms with E-state index < -0.39 is 6.04 Å². The summed E-state index contributed by atoms with van der Waals surface area (Å²) in [5.41, 5.74) is 2.61. The van der Waals surface area contributed by atoms with E-state index in [1.165, 1.54) is 6.92 Å². The average Bonchev–Trinajstić information content (AvgIpc) is 2.82. The molecule has 3 aromatic rings. The molecular formula is C26H28N2O4. The maximum Gasteiger partial charge on any atom is 0.229 e. The average molecular weight is 433 g/mol. The molecule has 1 N–H and O–H groups in total. The zero-order chi connectivity index (χ0) is 22.9. The Morgan fingerprint density at radius 3 is 1.94 bits per heavy atom. The molecule has 0 aliphatic heterocycles. The lowest BCUT2D eigenvalue weighted by Crippen LogP contribution is -2.35. The SMILES string of the molecule is COc1ccc(C(CC(=O)N(Cc2ccccc2)c2ccc(OC)cc2)NC(C)=O)cc1. The summed E-state index contributed by atoms with van der Waals surface area (Å²) in [5.74, 6) is 1.13. The van der Waals surface area contributed by atoms with Crippen LogP contribution in [0.5, 0.6) is 11.5 Å². The zero-order valence-electron chi connectivity index (χ0n) is 18.6. The van der Waals surface area contributed by atoms with Gasteiger partial charge in [-0.3, -0.25) is 9.59 Å². The minimum atomic E-state index is -0.456. The molecule has 2 amide bonds. The fourth-order valence-corrected chi connectivity index (χ4v) is 3.47. The fraction of sp³-hybridized carbons (Fsp3) is 0.231.